The maximum atomic E-state index is 4.56. The van der Waals surface area contributed by atoms with Gasteiger partial charge in [-0.15, -0.1) is 10.2 Å². The highest BCUT2D eigenvalue weighted by Gasteiger charge is 2.13. The normalized spacial score (nSPS) is 11.5. The predicted molar refractivity (Wildman–Crippen MR) is 94.0 cm³/mol. The van der Waals surface area contributed by atoms with Crippen LogP contribution in [0, 0.1) is 0 Å². The van der Waals surface area contributed by atoms with Crippen molar-refractivity contribution in [2.24, 2.45) is 5.10 Å². The number of aromatic nitrogens is 5. The number of fused-ring (bicyclic) bond motifs is 3. The Morgan fingerprint density at radius 3 is 2.92 bits per heavy atom. The van der Waals surface area contributed by atoms with Gasteiger partial charge in [0.15, 0.2) is 5.65 Å². The molecule has 0 saturated carbocycles. The molecular weight excluding hydrogens is 302 g/mol. The molecule has 3 aromatic heterocycles. The van der Waals surface area contributed by atoms with Crippen molar-refractivity contribution in [2.45, 2.75) is 13.5 Å². The van der Waals surface area contributed by atoms with Gasteiger partial charge in [0.05, 0.1) is 11.7 Å². The lowest BCUT2D eigenvalue weighted by atomic mass is 10.2. The third-order valence-electron chi connectivity index (χ3n) is 3.75. The fraction of sp³-hybridized carbons (Fsp3) is 0.118. The zero-order valence-electron chi connectivity index (χ0n) is 13.1. The number of anilines is 1. The van der Waals surface area contributed by atoms with Gasteiger partial charge in [0.2, 0.25) is 0 Å². The van der Waals surface area contributed by atoms with Gasteiger partial charge >= 0.3 is 0 Å². The second kappa shape index (κ2) is 6.04. The maximum absolute atomic E-state index is 4.56. The summed E-state index contributed by atoms with van der Waals surface area (Å²) in [7, 11) is 0. The van der Waals surface area contributed by atoms with E-state index >= 15 is 0 Å². The second-order valence-electron chi connectivity index (χ2n) is 5.23. The number of para-hydroxylation sites is 1. The Labute approximate surface area is 138 Å². The minimum Gasteiger partial charge on any atom is -0.324 e. The van der Waals surface area contributed by atoms with Gasteiger partial charge in [-0.05, 0) is 19.1 Å². The molecular formula is C17H15N7. The lowest BCUT2D eigenvalue weighted by Crippen LogP contribution is -2.02. The van der Waals surface area contributed by atoms with Gasteiger partial charge in [-0.1, -0.05) is 24.3 Å². The van der Waals surface area contributed by atoms with Crippen molar-refractivity contribution in [3.63, 3.8) is 0 Å². The van der Waals surface area contributed by atoms with Crippen LogP contribution in [0.1, 0.15) is 12.5 Å². The fourth-order valence-corrected chi connectivity index (χ4v) is 2.69. The second-order valence-corrected chi connectivity index (χ2v) is 5.23. The van der Waals surface area contributed by atoms with Crippen molar-refractivity contribution >= 4 is 34.2 Å². The van der Waals surface area contributed by atoms with E-state index in [1.807, 2.05) is 30.3 Å². The number of nitrogens with one attached hydrogen (secondary N) is 1. The Balaban J connectivity index is 1.70. The summed E-state index contributed by atoms with van der Waals surface area (Å²) in [6.45, 7) is 2.89. The zero-order chi connectivity index (χ0) is 16.4. The highest BCUT2D eigenvalue weighted by atomic mass is 15.4. The van der Waals surface area contributed by atoms with Gasteiger partial charge in [0.25, 0.3) is 5.95 Å². The molecule has 7 heteroatoms. The van der Waals surface area contributed by atoms with E-state index < -0.39 is 0 Å². The van der Waals surface area contributed by atoms with Crippen LogP contribution in [0.2, 0.25) is 0 Å². The number of hydrogen-bond acceptors (Lipinski definition) is 6. The van der Waals surface area contributed by atoms with E-state index in [4.69, 9.17) is 0 Å². The van der Waals surface area contributed by atoms with Crippen LogP contribution in [0.15, 0.2) is 53.9 Å². The van der Waals surface area contributed by atoms with Gasteiger partial charge in [-0.2, -0.15) is 10.1 Å². The average molecular weight is 317 g/mol. The van der Waals surface area contributed by atoms with Gasteiger partial charge in [-0.25, -0.2) is 5.43 Å². The van der Waals surface area contributed by atoms with E-state index in [2.05, 4.69) is 48.2 Å². The Morgan fingerprint density at radius 1 is 1.17 bits per heavy atom. The molecule has 0 spiro atoms. The van der Waals surface area contributed by atoms with Crippen molar-refractivity contribution in [1.29, 1.82) is 0 Å². The van der Waals surface area contributed by atoms with Crippen LogP contribution in [0.5, 0.6) is 0 Å². The molecule has 0 saturated heterocycles. The third kappa shape index (κ3) is 2.45. The lowest BCUT2D eigenvalue weighted by Gasteiger charge is -2.02. The number of rotatable bonds is 4. The van der Waals surface area contributed by atoms with Crippen LogP contribution >= 0.6 is 0 Å². The number of pyridine rings is 1. The molecule has 0 radical (unpaired) electrons. The Hall–Kier alpha value is -3.35. The molecule has 7 nitrogen and oxygen atoms in total. The number of aryl methyl sites for hydroxylation is 1. The number of hydrazone groups is 1. The molecule has 1 aromatic carbocycles. The SMILES string of the molecule is CCn1c2ccccc2c2nnc(NN=Cc3cccnc3)nc21. The molecule has 0 aliphatic rings. The standard InChI is InChI=1S/C17H15N7/c1-2-24-14-8-4-3-7-13(14)15-16(24)20-17(23-21-15)22-19-11-12-6-5-9-18-10-12/h3-11H,2H2,1H3,(H,20,22,23). The van der Waals surface area contributed by atoms with Crippen LogP contribution in [0.4, 0.5) is 5.95 Å². The van der Waals surface area contributed by atoms with Gasteiger partial charge in [-0.3, -0.25) is 4.98 Å². The molecule has 0 bridgehead atoms. The molecule has 3 heterocycles. The summed E-state index contributed by atoms with van der Waals surface area (Å²) in [6, 6.07) is 11.9. The minimum atomic E-state index is 0.361. The summed E-state index contributed by atoms with van der Waals surface area (Å²) in [5.41, 5.74) is 6.42. The smallest absolute Gasteiger partial charge is 0.265 e. The summed E-state index contributed by atoms with van der Waals surface area (Å²) in [4.78, 5) is 8.60. The van der Waals surface area contributed by atoms with Crippen LogP contribution in [-0.4, -0.2) is 30.9 Å². The lowest BCUT2D eigenvalue weighted by molar-refractivity contribution is 0.811. The van der Waals surface area contributed by atoms with E-state index in [0.717, 1.165) is 34.2 Å². The summed E-state index contributed by atoms with van der Waals surface area (Å²) in [5, 5.41) is 13.6. The van der Waals surface area contributed by atoms with E-state index in [-0.39, 0.29) is 0 Å². The van der Waals surface area contributed by atoms with E-state index in [1.165, 1.54) is 0 Å². The molecule has 24 heavy (non-hydrogen) atoms. The average Bonchev–Trinajstić information content (AvgIpc) is 2.95. The third-order valence-corrected chi connectivity index (χ3v) is 3.75. The first kappa shape index (κ1) is 14.3. The maximum Gasteiger partial charge on any atom is 0.265 e. The molecule has 0 aliphatic carbocycles. The molecule has 1 N–H and O–H groups in total. The summed E-state index contributed by atoms with van der Waals surface area (Å²) < 4.78 is 2.12. The van der Waals surface area contributed by atoms with E-state index in [9.17, 15) is 0 Å². The summed E-state index contributed by atoms with van der Waals surface area (Å²) in [5.74, 6) is 0.361. The van der Waals surface area contributed by atoms with Crippen LogP contribution < -0.4 is 5.43 Å². The van der Waals surface area contributed by atoms with Crippen LogP contribution in [0.25, 0.3) is 22.1 Å². The van der Waals surface area contributed by atoms with Crippen LogP contribution in [-0.2, 0) is 6.54 Å². The van der Waals surface area contributed by atoms with Gasteiger partial charge in [0.1, 0.15) is 5.52 Å². The Kier molecular flexibility index (Phi) is 3.59. The first-order valence-electron chi connectivity index (χ1n) is 7.67. The van der Waals surface area contributed by atoms with Crippen molar-refractivity contribution < 1.29 is 0 Å². The van der Waals surface area contributed by atoms with Crippen molar-refractivity contribution in [1.82, 2.24) is 24.7 Å². The highest BCUT2D eigenvalue weighted by molar-refractivity contribution is 6.04. The van der Waals surface area contributed by atoms with E-state index in [1.54, 1.807) is 18.6 Å². The summed E-state index contributed by atoms with van der Waals surface area (Å²) >= 11 is 0. The Bertz CT molecular complexity index is 1020. The topological polar surface area (TPSA) is 80.9 Å². The fourth-order valence-electron chi connectivity index (χ4n) is 2.69. The first-order chi connectivity index (χ1) is 11.9. The minimum absolute atomic E-state index is 0.361. The first-order valence-corrected chi connectivity index (χ1v) is 7.67. The molecule has 0 unspecified atom stereocenters. The molecule has 0 aliphatic heterocycles. The number of nitrogens with zero attached hydrogens (tertiary/aromatic N) is 6. The van der Waals surface area contributed by atoms with Crippen LogP contribution in [0.3, 0.4) is 0 Å². The summed E-state index contributed by atoms with van der Waals surface area (Å²) in [6.07, 6.45) is 5.10. The monoisotopic (exact) mass is 317 g/mol. The van der Waals surface area contributed by atoms with Crippen molar-refractivity contribution in [3.8, 4) is 0 Å². The van der Waals surface area contributed by atoms with E-state index in [0.29, 0.717) is 5.95 Å². The number of benzene rings is 1. The quantitative estimate of drug-likeness (QED) is 0.462. The molecule has 118 valence electrons. The molecule has 4 aromatic rings. The zero-order valence-corrected chi connectivity index (χ0v) is 13.1. The van der Waals surface area contributed by atoms with Crippen molar-refractivity contribution in [3.05, 3.63) is 54.4 Å². The molecule has 0 fully saturated rings. The Morgan fingerprint density at radius 2 is 2.08 bits per heavy atom. The van der Waals surface area contributed by atoms with Gasteiger partial charge in [0, 0.05) is 29.9 Å². The van der Waals surface area contributed by atoms with Crippen molar-refractivity contribution in [2.75, 3.05) is 5.43 Å². The molecule has 0 atom stereocenters. The number of hydrogen-bond donors (Lipinski definition) is 1. The highest BCUT2D eigenvalue weighted by Crippen LogP contribution is 2.25. The van der Waals surface area contributed by atoms with Gasteiger partial charge < -0.3 is 4.57 Å². The molecule has 0 amide bonds. The largest absolute Gasteiger partial charge is 0.324 e. The molecule has 4 rings (SSSR count). The predicted octanol–water partition coefficient (Wildman–Crippen LogP) is 2.84.